The molecular formula is C47H33N. The average molecular weight is 612 g/mol. The van der Waals surface area contributed by atoms with E-state index in [1.54, 1.807) is 0 Å². The first kappa shape index (κ1) is 29.1. The molecule has 0 bridgehead atoms. The van der Waals surface area contributed by atoms with E-state index >= 15 is 0 Å². The fourth-order valence-electron chi connectivity index (χ4n) is 6.41. The summed E-state index contributed by atoms with van der Waals surface area (Å²) in [5.41, 5.74) is 16.5. The number of pyridine rings is 1. The zero-order chi connectivity index (χ0) is 32.1. The van der Waals surface area contributed by atoms with Gasteiger partial charge in [0, 0.05) is 11.8 Å². The van der Waals surface area contributed by atoms with Crippen LogP contribution >= 0.6 is 0 Å². The fourth-order valence-corrected chi connectivity index (χ4v) is 6.41. The molecule has 1 nitrogen and oxygen atoms in total. The third kappa shape index (κ3) is 6.23. The van der Waals surface area contributed by atoms with E-state index in [9.17, 15) is 0 Å². The number of nitrogens with zero attached hydrogens (tertiary/aromatic N) is 1. The summed E-state index contributed by atoms with van der Waals surface area (Å²) >= 11 is 0. The summed E-state index contributed by atoms with van der Waals surface area (Å²) in [5, 5.41) is 0. The van der Waals surface area contributed by atoms with Gasteiger partial charge in [-0.3, -0.25) is 4.98 Å². The van der Waals surface area contributed by atoms with Gasteiger partial charge in [0.15, 0.2) is 0 Å². The van der Waals surface area contributed by atoms with Crippen molar-refractivity contribution in [2.75, 3.05) is 0 Å². The maximum Gasteiger partial charge on any atom is 0.0702 e. The van der Waals surface area contributed by atoms with Crippen molar-refractivity contribution in [2.24, 2.45) is 0 Å². The summed E-state index contributed by atoms with van der Waals surface area (Å²) in [6, 6.07) is 69.4. The van der Waals surface area contributed by atoms with Gasteiger partial charge in [0.1, 0.15) is 0 Å². The van der Waals surface area contributed by atoms with Crippen molar-refractivity contribution in [3.8, 4) is 78.0 Å². The number of rotatable bonds is 7. The minimum atomic E-state index is 0.981. The van der Waals surface area contributed by atoms with Crippen LogP contribution in [-0.2, 0) is 0 Å². The Bertz CT molecular complexity index is 2170. The van der Waals surface area contributed by atoms with Gasteiger partial charge in [-0.1, -0.05) is 146 Å². The van der Waals surface area contributed by atoms with Crippen molar-refractivity contribution in [1.82, 2.24) is 4.98 Å². The molecule has 0 aliphatic rings. The van der Waals surface area contributed by atoms with Crippen LogP contribution in [0.5, 0.6) is 0 Å². The van der Waals surface area contributed by atoms with E-state index < -0.39 is 0 Å². The molecule has 8 rings (SSSR count). The van der Waals surface area contributed by atoms with Crippen LogP contribution in [0.2, 0.25) is 0 Å². The topological polar surface area (TPSA) is 12.9 Å². The van der Waals surface area contributed by atoms with Gasteiger partial charge in [0.05, 0.1) is 5.69 Å². The van der Waals surface area contributed by atoms with Gasteiger partial charge >= 0.3 is 0 Å². The molecule has 0 radical (unpaired) electrons. The smallest absolute Gasteiger partial charge is 0.0702 e. The molecule has 226 valence electrons. The second kappa shape index (κ2) is 13.2. The first-order chi connectivity index (χ1) is 23.8. The molecule has 1 heteroatoms. The molecular weight excluding hydrogens is 579 g/mol. The average Bonchev–Trinajstić information content (AvgIpc) is 3.19. The van der Waals surface area contributed by atoms with Crippen molar-refractivity contribution in [2.45, 2.75) is 0 Å². The van der Waals surface area contributed by atoms with Crippen molar-refractivity contribution < 1.29 is 0 Å². The van der Waals surface area contributed by atoms with Crippen LogP contribution in [0.25, 0.3) is 78.0 Å². The van der Waals surface area contributed by atoms with Gasteiger partial charge in [-0.15, -0.1) is 0 Å². The highest BCUT2D eigenvalue weighted by molar-refractivity contribution is 5.82. The molecule has 1 heterocycles. The van der Waals surface area contributed by atoms with Crippen molar-refractivity contribution in [3.05, 3.63) is 200 Å². The van der Waals surface area contributed by atoms with E-state index in [-0.39, 0.29) is 0 Å². The van der Waals surface area contributed by atoms with E-state index in [0.717, 1.165) is 11.3 Å². The lowest BCUT2D eigenvalue weighted by Gasteiger charge is -2.11. The summed E-state index contributed by atoms with van der Waals surface area (Å²) in [5.74, 6) is 0. The number of hydrogen-bond donors (Lipinski definition) is 0. The standard InChI is InChI=1S/C47H33N/c1-2-12-34(13-3-1)35-14-6-15-36(28-35)37-16-7-17-38(29-37)39-18-8-19-40(30-39)41-20-9-21-42(31-41)43-22-10-23-44(32-43)45-24-11-25-46(33-45)47-26-4-5-27-48-47/h1-33H. The molecule has 0 unspecified atom stereocenters. The van der Waals surface area contributed by atoms with Gasteiger partial charge in [-0.05, 0) is 115 Å². The van der Waals surface area contributed by atoms with Gasteiger partial charge in [-0.25, -0.2) is 0 Å². The molecule has 48 heavy (non-hydrogen) atoms. The highest BCUT2D eigenvalue weighted by Gasteiger charge is 2.09. The lowest BCUT2D eigenvalue weighted by Crippen LogP contribution is -1.86. The Morgan fingerprint density at radius 1 is 0.208 bits per heavy atom. The zero-order valence-electron chi connectivity index (χ0n) is 26.5. The number of benzene rings is 7. The number of hydrogen-bond acceptors (Lipinski definition) is 1. The van der Waals surface area contributed by atoms with E-state index in [1.165, 1.54) is 66.8 Å². The van der Waals surface area contributed by atoms with Crippen molar-refractivity contribution in [1.29, 1.82) is 0 Å². The monoisotopic (exact) mass is 611 g/mol. The summed E-state index contributed by atoms with van der Waals surface area (Å²) in [6.07, 6.45) is 1.84. The van der Waals surface area contributed by atoms with Crippen LogP contribution < -0.4 is 0 Å². The van der Waals surface area contributed by atoms with Gasteiger partial charge in [0.25, 0.3) is 0 Å². The fraction of sp³-hybridized carbons (Fsp3) is 0. The Labute approximate surface area is 282 Å². The first-order valence-electron chi connectivity index (χ1n) is 16.4. The summed E-state index contributed by atoms with van der Waals surface area (Å²) in [7, 11) is 0. The van der Waals surface area contributed by atoms with Crippen LogP contribution in [0.4, 0.5) is 0 Å². The van der Waals surface area contributed by atoms with E-state index in [1.807, 2.05) is 18.3 Å². The molecule has 0 spiro atoms. The van der Waals surface area contributed by atoms with Crippen LogP contribution in [-0.4, -0.2) is 4.98 Å². The number of aromatic nitrogens is 1. The quantitative estimate of drug-likeness (QED) is 0.175. The van der Waals surface area contributed by atoms with Crippen LogP contribution in [0, 0.1) is 0 Å². The molecule has 0 aliphatic carbocycles. The second-order valence-electron chi connectivity index (χ2n) is 12.1. The first-order valence-corrected chi connectivity index (χ1v) is 16.4. The molecule has 0 fully saturated rings. The third-order valence-corrected chi connectivity index (χ3v) is 8.91. The lowest BCUT2D eigenvalue weighted by molar-refractivity contribution is 1.33. The highest BCUT2D eigenvalue weighted by Crippen LogP contribution is 2.34. The van der Waals surface area contributed by atoms with E-state index in [0.29, 0.717) is 0 Å². The van der Waals surface area contributed by atoms with Gasteiger partial charge in [0.2, 0.25) is 0 Å². The minimum absolute atomic E-state index is 0.981. The molecule has 8 aromatic rings. The Kier molecular flexibility index (Phi) is 8.01. The molecule has 1 aromatic heterocycles. The Balaban J connectivity index is 1.08. The van der Waals surface area contributed by atoms with Gasteiger partial charge in [-0.2, -0.15) is 0 Å². The molecule has 0 saturated heterocycles. The molecule has 0 amide bonds. The summed E-state index contributed by atoms with van der Waals surface area (Å²) < 4.78 is 0. The maximum absolute atomic E-state index is 4.54. The van der Waals surface area contributed by atoms with E-state index in [2.05, 4.69) is 187 Å². The summed E-state index contributed by atoms with van der Waals surface area (Å²) in [4.78, 5) is 4.54. The normalized spacial score (nSPS) is 10.9. The van der Waals surface area contributed by atoms with E-state index in [4.69, 9.17) is 0 Å². The van der Waals surface area contributed by atoms with Crippen molar-refractivity contribution in [3.63, 3.8) is 0 Å². The molecule has 7 aromatic carbocycles. The van der Waals surface area contributed by atoms with Crippen LogP contribution in [0.3, 0.4) is 0 Å². The Hall–Kier alpha value is -6.31. The van der Waals surface area contributed by atoms with Crippen molar-refractivity contribution >= 4 is 0 Å². The van der Waals surface area contributed by atoms with Crippen LogP contribution in [0.1, 0.15) is 0 Å². The lowest BCUT2D eigenvalue weighted by atomic mass is 9.93. The second-order valence-corrected chi connectivity index (χ2v) is 12.1. The Morgan fingerprint density at radius 2 is 0.479 bits per heavy atom. The molecule has 0 N–H and O–H groups in total. The minimum Gasteiger partial charge on any atom is -0.256 e. The Morgan fingerprint density at radius 3 is 0.812 bits per heavy atom. The SMILES string of the molecule is c1ccc(-c2cccc(-c3cccc(-c4cccc(-c5cccc(-c6cccc(-c7cccc(-c8ccccn8)c7)c6)c5)c4)c3)c2)cc1. The molecule has 0 saturated carbocycles. The highest BCUT2D eigenvalue weighted by atomic mass is 14.7. The largest absolute Gasteiger partial charge is 0.256 e. The zero-order valence-corrected chi connectivity index (χ0v) is 26.5. The van der Waals surface area contributed by atoms with Crippen LogP contribution in [0.15, 0.2) is 200 Å². The predicted molar refractivity (Wildman–Crippen MR) is 202 cm³/mol. The maximum atomic E-state index is 4.54. The van der Waals surface area contributed by atoms with Gasteiger partial charge < -0.3 is 0 Å². The molecule has 0 aliphatic heterocycles. The molecule has 0 atom stereocenters. The third-order valence-electron chi connectivity index (χ3n) is 8.91. The predicted octanol–water partition coefficient (Wildman–Crippen LogP) is 12.8. The summed E-state index contributed by atoms with van der Waals surface area (Å²) in [6.45, 7) is 0.